The molecule has 0 saturated carbocycles. The molecule has 0 spiro atoms. The Kier molecular flexibility index (Phi) is 3.79. The largest absolute Gasteiger partial charge is 0.378 e. The summed E-state index contributed by atoms with van der Waals surface area (Å²) in [4.78, 5) is 13.9. The summed E-state index contributed by atoms with van der Waals surface area (Å²) in [6.45, 7) is 2.32. The summed E-state index contributed by atoms with van der Waals surface area (Å²) >= 11 is 3.38. The molecule has 1 aliphatic heterocycles. The first-order valence-electron chi connectivity index (χ1n) is 6.29. The maximum absolute atomic E-state index is 12.2. The van der Waals surface area contributed by atoms with Gasteiger partial charge in [0.05, 0.1) is 19.4 Å². The van der Waals surface area contributed by atoms with Crippen molar-refractivity contribution in [3.05, 3.63) is 34.9 Å². The lowest BCUT2D eigenvalue weighted by Gasteiger charge is -2.25. The van der Waals surface area contributed by atoms with Crippen LogP contribution in [0.25, 0.3) is 11.3 Å². The normalized spacial score (nSPS) is 15.3. The standard InChI is InChI=1S/C13H13BrN4O2/c14-11-3-1-10(2-4-11)12-9-18(16-15-12)13(19)17-5-7-20-8-6-17/h1-4,9H,5-8H2. The third kappa shape index (κ3) is 2.73. The minimum Gasteiger partial charge on any atom is -0.378 e. The second-order valence-corrected chi connectivity index (χ2v) is 5.35. The molecule has 0 unspecified atom stereocenters. The molecular formula is C13H13BrN4O2. The lowest BCUT2D eigenvalue weighted by molar-refractivity contribution is 0.0527. The number of rotatable bonds is 1. The van der Waals surface area contributed by atoms with Gasteiger partial charge in [0.2, 0.25) is 0 Å². The first-order valence-corrected chi connectivity index (χ1v) is 7.08. The van der Waals surface area contributed by atoms with Gasteiger partial charge in [0.15, 0.2) is 0 Å². The Morgan fingerprint density at radius 1 is 1.20 bits per heavy atom. The van der Waals surface area contributed by atoms with Crippen LogP contribution in [0.2, 0.25) is 0 Å². The maximum Gasteiger partial charge on any atom is 0.346 e. The number of carbonyl (C=O) groups excluding carboxylic acids is 1. The Bertz CT molecular complexity index is 605. The van der Waals surface area contributed by atoms with E-state index in [4.69, 9.17) is 4.74 Å². The number of carbonyl (C=O) groups is 1. The summed E-state index contributed by atoms with van der Waals surface area (Å²) in [6, 6.07) is 7.55. The molecule has 1 saturated heterocycles. The van der Waals surface area contributed by atoms with Gasteiger partial charge in [-0.2, -0.15) is 4.68 Å². The summed E-state index contributed by atoms with van der Waals surface area (Å²) in [5.74, 6) is 0. The molecule has 3 rings (SSSR count). The van der Waals surface area contributed by atoms with Crippen LogP contribution in [0.15, 0.2) is 34.9 Å². The zero-order chi connectivity index (χ0) is 13.9. The van der Waals surface area contributed by atoms with E-state index in [0.717, 1.165) is 10.0 Å². The van der Waals surface area contributed by atoms with E-state index in [2.05, 4.69) is 26.2 Å². The topological polar surface area (TPSA) is 60.2 Å². The predicted molar refractivity (Wildman–Crippen MR) is 76.3 cm³/mol. The number of nitrogens with zero attached hydrogens (tertiary/aromatic N) is 4. The number of halogens is 1. The van der Waals surface area contributed by atoms with Gasteiger partial charge in [0, 0.05) is 23.1 Å². The summed E-state index contributed by atoms with van der Waals surface area (Å²) in [5.41, 5.74) is 1.60. The number of amides is 1. The smallest absolute Gasteiger partial charge is 0.346 e. The highest BCUT2D eigenvalue weighted by Gasteiger charge is 2.19. The van der Waals surface area contributed by atoms with E-state index < -0.39 is 0 Å². The number of aromatic nitrogens is 3. The number of hydrogen-bond acceptors (Lipinski definition) is 4. The molecule has 2 aromatic rings. The third-order valence-corrected chi connectivity index (χ3v) is 3.64. The maximum atomic E-state index is 12.2. The van der Waals surface area contributed by atoms with Crippen molar-refractivity contribution in [2.75, 3.05) is 26.3 Å². The lowest BCUT2D eigenvalue weighted by Crippen LogP contribution is -2.43. The Balaban J connectivity index is 1.79. The summed E-state index contributed by atoms with van der Waals surface area (Å²) in [7, 11) is 0. The monoisotopic (exact) mass is 336 g/mol. The van der Waals surface area contributed by atoms with Crippen LogP contribution in [0.5, 0.6) is 0 Å². The van der Waals surface area contributed by atoms with Gasteiger partial charge in [-0.15, -0.1) is 5.10 Å². The van der Waals surface area contributed by atoms with E-state index in [-0.39, 0.29) is 6.03 Å². The van der Waals surface area contributed by atoms with Crippen molar-refractivity contribution in [3.63, 3.8) is 0 Å². The van der Waals surface area contributed by atoms with Gasteiger partial charge in [-0.05, 0) is 12.1 Å². The lowest BCUT2D eigenvalue weighted by atomic mass is 10.2. The third-order valence-electron chi connectivity index (χ3n) is 3.11. The molecular weight excluding hydrogens is 324 g/mol. The fourth-order valence-electron chi connectivity index (χ4n) is 2.01. The highest BCUT2D eigenvalue weighted by atomic mass is 79.9. The van der Waals surface area contributed by atoms with Gasteiger partial charge in [-0.1, -0.05) is 33.3 Å². The van der Waals surface area contributed by atoms with Crippen molar-refractivity contribution >= 4 is 22.0 Å². The van der Waals surface area contributed by atoms with Gasteiger partial charge in [-0.25, -0.2) is 4.79 Å². The molecule has 2 heterocycles. The molecule has 0 bridgehead atoms. The highest BCUT2D eigenvalue weighted by molar-refractivity contribution is 9.10. The van der Waals surface area contributed by atoms with Crippen molar-refractivity contribution in [2.45, 2.75) is 0 Å². The summed E-state index contributed by atoms with van der Waals surface area (Å²) < 4.78 is 7.51. The minimum atomic E-state index is -0.163. The number of ether oxygens (including phenoxy) is 1. The predicted octanol–water partition coefficient (Wildman–Crippen LogP) is 2.01. The second kappa shape index (κ2) is 5.72. The van der Waals surface area contributed by atoms with Crippen LogP contribution in [0, 0.1) is 0 Å². The molecule has 0 atom stereocenters. The molecule has 6 nitrogen and oxygen atoms in total. The Labute approximate surface area is 124 Å². The Morgan fingerprint density at radius 3 is 2.60 bits per heavy atom. The van der Waals surface area contributed by atoms with E-state index in [9.17, 15) is 4.79 Å². The fraction of sp³-hybridized carbons (Fsp3) is 0.308. The van der Waals surface area contributed by atoms with Crippen molar-refractivity contribution in [1.82, 2.24) is 19.9 Å². The van der Waals surface area contributed by atoms with E-state index >= 15 is 0 Å². The Hall–Kier alpha value is -1.73. The van der Waals surface area contributed by atoms with Crippen LogP contribution in [-0.4, -0.2) is 52.2 Å². The summed E-state index contributed by atoms with van der Waals surface area (Å²) in [6.07, 6.45) is 1.65. The van der Waals surface area contributed by atoms with Crippen LogP contribution in [-0.2, 0) is 4.74 Å². The van der Waals surface area contributed by atoms with Gasteiger partial charge in [-0.3, -0.25) is 0 Å². The average Bonchev–Trinajstić information content (AvgIpc) is 2.98. The van der Waals surface area contributed by atoms with Gasteiger partial charge >= 0.3 is 6.03 Å². The fourth-order valence-corrected chi connectivity index (χ4v) is 2.27. The second-order valence-electron chi connectivity index (χ2n) is 4.44. The van der Waals surface area contributed by atoms with Crippen LogP contribution in [0.1, 0.15) is 0 Å². The van der Waals surface area contributed by atoms with E-state index in [1.165, 1.54) is 4.68 Å². The Morgan fingerprint density at radius 2 is 1.90 bits per heavy atom. The van der Waals surface area contributed by atoms with Crippen molar-refractivity contribution in [1.29, 1.82) is 0 Å². The first kappa shape index (κ1) is 13.3. The van der Waals surface area contributed by atoms with Crippen LogP contribution >= 0.6 is 15.9 Å². The quantitative estimate of drug-likeness (QED) is 0.799. The summed E-state index contributed by atoms with van der Waals surface area (Å²) in [5, 5.41) is 7.96. The average molecular weight is 337 g/mol. The van der Waals surface area contributed by atoms with Crippen LogP contribution < -0.4 is 0 Å². The van der Waals surface area contributed by atoms with Crippen molar-refractivity contribution in [2.24, 2.45) is 0 Å². The molecule has 104 valence electrons. The minimum absolute atomic E-state index is 0.163. The molecule has 1 fully saturated rings. The molecule has 1 aromatic heterocycles. The molecule has 0 radical (unpaired) electrons. The molecule has 1 aliphatic rings. The van der Waals surface area contributed by atoms with E-state index in [0.29, 0.717) is 32.0 Å². The number of morpholine rings is 1. The molecule has 20 heavy (non-hydrogen) atoms. The van der Waals surface area contributed by atoms with E-state index in [1.54, 1.807) is 11.1 Å². The number of benzene rings is 1. The van der Waals surface area contributed by atoms with Crippen molar-refractivity contribution < 1.29 is 9.53 Å². The molecule has 1 amide bonds. The molecule has 0 N–H and O–H groups in total. The van der Waals surface area contributed by atoms with Gasteiger partial charge < -0.3 is 9.64 Å². The van der Waals surface area contributed by atoms with Gasteiger partial charge in [0.25, 0.3) is 0 Å². The zero-order valence-electron chi connectivity index (χ0n) is 10.7. The van der Waals surface area contributed by atoms with Gasteiger partial charge in [0.1, 0.15) is 5.69 Å². The molecule has 0 aliphatic carbocycles. The highest BCUT2D eigenvalue weighted by Crippen LogP contribution is 2.19. The molecule has 1 aromatic carbocycles. The molecule has 7 heteroatoms. The van der Waals surface area contributed by atoms with E-state index in [1.807, 2.05) is 24.3 Å². The van der Waals surface area contributed by atoms with Crippen molar-refractivity contribution in [3.8, 4) is 11.3 Å². The zero-order valence-corrected chi connectivity index (χ0v) is 12.3. The van der Waals surface area contributed by atoms with Crippen LogP contribution in [0.3, 0.4) is 0 Å². The SMILES string of the molecule is O=C(N1CCOCC1)n1cc(-c2ccc(Br)cc2)nn1. The van der Waals surface area contributed by atoms with Crippen LogP contribution in [0.4, 0.5) is 4.79 Å². The first-order chi connectivity index (χ1) is 9.74. The number of hydrogen-bond donors (Lipinski definition) is 0.